The number of primary amides is 1. The van der Waals surface area contributed by atoms with Gasteiger partial charge in [-0.15, -0.1) is 0 Å². The lowest BCUT2D eigenvalue weighted by molar-refractivity contribution is -0.119. The number of aliphatic hydroxyl groups is 1. The van der Waals surface area contributed by atoms with Gasteiger partial charge < -0.3 is 20.5 Å². The summed E-state index contributed by atoms with van der Waals surface area (Å²) in [7, 11) is 0. The number of benzene rings is 1. The van der Waals surface area contributed by atoms with Crippen LogP contribution in [-0.2, 0) is 4.79 Å². The quantitative estimate of drug-likeness (QED) is 0.801. The van der Waals surface area contributed by atoms with Crippen molar-refractivity contribution in [1.29, 1.82) is 0 Å². The zero-order valence-corrected chi connectivity index (χ0v) is 14.1. The van der Waals surface area contributed by atoms with Crippen LogP contribution in [-0.4, -0.2) is 48.3 Å². The number of aryl methyl sites for hydroxylation is 2. The molecular formula is C18H28N2O3. The van der Waals surface area contributed by atoms with Gasteiger partial charge in [0.25, 0.3) is 0 Å². The smallest absolute Gasteiger partial charge is 0.217 e. The van der Waals surface area contributed by atoms with Gasteiger partial charge >= 0.3 is 0 Å². The van der Waals surface area contributed by atoms with E-state index in [-0.39, 0.29) is 5.91 Å². The van der Waals surface area contributed by atoms with Gasteiger partial charge in [-0.05, 0) is 69.0 Å². The molecule has 0 saturated carbocycles. The first-order valence-corrected chi connectivity index (χ1v) is 8.32. The molecule has 0 aromatic heterocycles. The van der Waals surface area contributed by atoms with Crippen molar-refractivity contribution in [2.45, 2.75) is 39.2 Å². The fourth-order valence-corrected chi connectivity index (χ4v) is 3.22. The molecule has 1 heterocycles. The molecule has 128 valence electrons. The van der Waals surface area contributed by atoms with Crippen LogP contribution < -0.4 is 10.5 Å². The Labute approximate surface area is 138 Å². The third kappa shape index (κ3) is 6.20. The van der Waals surface area contributed by atoms with E-state index >= 15 is 0 Å². The molecule has 5 nitrogen and oxygen atoms in total. The zero-order chi connectivity index (χ0) is 16.8. The van der Waals surface area contributed by atoms with Crippen LogP contribution >= 0.6 is 0 Å². The number of ether oxygens (including phenoxy) is 1. The maximum absolute atomic E-state index is 10.9. The Balaban J connectivity index is 1.71. The highest BCUT2D eigenvalue weighted by molar-refractivity contribution is 5.73. The van der Waals surface area contributed by atoms with Gasteiger partial charge in [-0.1, -0.05) is 6.07 Å². The average Bonchev–Trinajstić information content (AvgIpc) is 2.46. The van der Waals surface area contributed by atoms with E-state index in [2.05, 4.69) is 11.0 Å². The van der Waals surface area contributed by atoms with Crippen LogP contribution in [0.1, 0.15) is 30.4 Å². The number of amides is 1. The second kappa shape index (κ2) is 8.31. The Kier molecular flexibility index (Phi) is 6.42. The van der Waals surface area contributed by atoms with Crippen molar-refractivity contribution in [3.8, 4) is 5.75 Å². The van der Waals surface area contributed by atoms with Crippen molar-refractivity contribution in [2.75, 3.05) is 26.2 Å². The number of carbonyl (C=O) groups is 1. The van der Waals surface area contributed by atoms with Gasteiger partial charge in [-0.25, -0.2) is 0 Å². The van der Waals surface area contributed by atoms with Gasteiger partial charge in [0.1, 0.15) is 18.5 Å². The first-order valence-electron chi connectivity index (χ1n) is 8.32. The van der Waals surface area contributed by atoms with Gasteiger partial charge in [0.05, 0.1) is 0 Å². The molecule has 1 aromatic carbocycles. The fourth-order valence-electron chi connectivity index (χ4n) is 3.22. The third-order valence-corrected chi connectivity index (χ3v) is 4.30. The molecular weight excluding hydrogens is 292 g/mol. The zero-order valence-electron chi connectivity index (χ0n) is 14.1. The van der Waals surface area contributed by atoms with Gasteiger partial charge in [0, 0.05) is 13.0 Å². The summed E-state index contributed by atoms with van der Waals surface area (Å²) in [5, 5.41) is 10.2. The van der Waals surface area contributed by atoms with Crippen LogP contribution in [0.25, 0.3) is 0 Å². The summed E-state index contributed by atoms with van der Waals surface area (Å²) in [6.07, 6.45) is 1.90. The largest absolute Gasteiger partial charge is 0.491 e. The van der Waals surface area contributed by atoms with Crippen molar-refractivity contribution in [2.24, 2.45) is 11.7 Å². The highest BCUT2D eigenvalue weighted by Gasteiger charge is 2.22. The van der Waals surface area contributed by atoms with E-state index in [1.54, 1.807) is 0 Å². The first kappa shape index (κ1) is 17.8. The highest BCUT2D eigenvalue weighted by atomic mass is 16.5. The average molecular weight is 320 g/mol. The van der Waals surface area contributed by atoms with E-state index < -0.39 is 6.10 Å². The maximum atomic E-state index is 10.9. The van der Waals surface area contributed by atoms with Gasteiger partial charge in [-0.2, -0.15) is 0 Å². The number of rotatable bonds is 7. The standard InChI is InChI=1S/C18H28N2O3/c1-13-7-14(2)9-17(8-13)23-12-16(21)11-20-5-3-15(4-6-20)10-18(19)22/h7-9,15-16,21H,3-6,10-12H2,1-2H3,(H2,19,22). The number of likely N-dealkylation sites (tertiary alicyclic amines) is 1. The normalized spacial score (nSPS) is 17.9. The molecule has 3 N–H and O–H groups in total. The van der Waals surface area contributed by atoms with Crippen LogP contribution in [0.2, 0.25) is 0 Å². The Morgan fingerprint density at radius 1 is 1.30 bits per heavy atom. The van der Waals surface area contributed by atoms with Gasteiger partial charge in [-0.3, -0.25) is 4.79 Å². The van der Waals surface area contributed by atoms with Gasteiger partial charge in [0.15, 0.2) is 0 Å². The molecule has 1 aliphatic rings. The molecule has 1 amide bonds. The molecule has 1 fully saturated rings. The van der Waals surface area contributed by atoms with Crippen LogP contribution in [0.5, 0.6) is 5.75 Å². The fraction of sp³-hybridized carbons (Fsp3) is 0.611. The Morgan fingerprint density at radius 3 is 2.48 bits per heavy atom. The molecule has 0 bridgehead atoms. The number of piperidine rings is 1. The molecule has 23 heavy (non-hydrogen) atoms. The molecule has 1 unspecified atom stereocenters. The number of hydrogen-bond donors (Lipinski definition) is 2. The van der Waals surface area contributed by atoms with E-state index in [9.17, 15) is 9.90 Å². The minimum Gasteiger partial charge on any atom is -0.491 e. The summed E-state index contributed by atoms with van der Waals surface area (Å²) in [6.45, 7) is 6.77. The van der Waals surface area contributed by atoms with Crippen molar-refractivity contribution in [1.82, 2.24) is 4.90 Å². The molecule has 5 heteroatoms. The summed E-state index contributed by atoms with van der Waals surface area (Å²) in [6, 6.07) is 6.06. The Morgan fingerprint density at radius 2 is 1.91 bits per heavy atom. The summed E-state index contributed by atoms with van der Waals surface area (Å²) < 4.78 is 5.71. The van der Waals surface area contributed by atoms with E-state index in [0.717, 1.165) is 42.8 Å². The lowest BCUT2D eigenvalue weighted by Crippen LogP contribution is -2.41. The highest BCUT2D eigenvalue weighted by Crippen LogP contribution is 2.20. The second-order valence-corrected chi connectivity index (χ2v) is 6.70. The van der Waals surface area contributed by atoms with Crippen LogP contribution in [0.4, 0.5) is 0 Å². The number of β-amino-alcohol motifs (C(OH)–C–C–N with tert-alkyl or cyclic N) is 1. The van der Waals surface area contributed by atoms with E-state index in [0.29, 0.717) is 25.5 Å². The molecule has 1 saturated heterocycles. The molecule has 2 rings (SSSR count). The number of carbonyl (C=O) groups excluding carboxylic acids is 1. The monoisotopic (exact) mass is 320 g/mol. The minimum atomic E-state index is -0.511. The van der Waals surface area contributed by atoms with E-state index in [1.165, 1.54) is 0 Å². The summed E-state index contributed by atoms with van der Waals surface area (Å²) >= 11 is 0. The number of hydrogen-bond acceptors (Lipinski definition) is 4. The Bertz CT molecular complexity index is 505. The SMILES string of the molecule is Cc1cc(C)cc(OCC(O)CN2CCC(CC(N)=O)CC2)c1. The minimum absolute atomic E-state index is 0.217. The van der Waals surface area contributed by atoms with Crippen molar-refractivity contribution in [3.05, 3.63) is 29.3 Å². The van der Waals surface area contributed by atoms with Crippen molar-refractivity contribution in [3.63, 3.8) is 0 Å². The molecule has 1 atom stereocenters. The summed E-state index contributed by atoms with van der Waals surface area (Å²) in [4.78, 5) is 13.2. The molecule has 0 spiro atoms. The van der Waals surface area contributed by atoms with Gasteiger partial charge in [0.2, 0.25) is 5.91 Å². The van der Waals surface area contributed by atoms with Crippen LogP contribution in [0, 0.1) is 19.8 Å². The van der Waals surface area contributed by atoms with Crippen LogP contribution in [0.3, 0.4) is 0 Å². The van der Waals surface area contributed by atoms with E-state index in [1.807, 2.05) is 26.0 Å². The number of aliphatic hydroxyl groups excluding tert-OH is 1. The molecule has 0 radical (unpaired) electrons. The molecule has 1 aromatic rings. The van der Waals surface area contributed by atoms with Crippen molar-refractivity contribution < 1.29 is 14.6 Å². The molecule has 1 aliphatic heterocycles. The predicted octanol–water partition coefficient (Wildman–Crippen LogP) is 1.63. The first-order chi connectivity index (χ1) is 10.9. The second-order valence-electron chi connectivity index (χ2n) is 6.70. The van der Waals surface area contributed by atoms with Crippen LogP contribution in [0.15, 0.2) is 18.2 Å². The van der Waals surface area contributed by atoms with Crippen molar-refractivity contribution >= 4 is 5.91 Å². The summed E-state index contributed by atoms with van der Waals surface area (Å²) in [5.74, 6) is 0.986. The molecule has 0 aliphatic carbocycles. The number of nitrogens with two attached hydrogens (primary N) is 1. The summed E-state index contributed by atoms with van der Waals surface area (Å²) in [5.41, 5.74) is 7.56. The Hall–Kier alpha value is -1.59. The predicted molar refractivity (Wildman–Crippen MR) is 90.4 cm³/mol. The number of nitrogens with zero attached hydrogens (tertiary/aromatic N) is 1. The third-order valence-electron chi connectivity index (χ3n) is 4.30. The lowest BCUT2D eigenvalue weighted by Gasteiger charge is -2.32. The lowest BCUT2D eigenvalue weighted by atomic mass is 9.93. The topological polar surface area (TPSA) is 75.8 Å². The van der Waals surface area contributed by atoms with E-state index in [4.69, 9.17) is 10.5 Å². The maximum Gasteiger partial charge on any atom is 0.217 e.